The molecular weight excluding hydrogens is 216 g/mol. The first kappa shape index (κ1) is 10.9. The van der Waals surface area contributed by atoms with E-state index in [1.165, 1.54) is 6.42 Å². The first-order valence-corrected chi connectivity index (χ1v) is 6.30. The van der Waals surface area contributed by atoms with Gasteiger partial charge in [-0.25, -0.2) is 4.98 Å². The van der Waals surface area contributed by atoms with E-state index in [0.29, 0.717) is 24.1 Å². The minimum Gasteiger partial charge on any atom is -0.374 e. The molecule has 0 aliphatic carbocycles. The van der Waals surface area contributed by atoms with Gasteiger partial charge >= 0.3 is 0 Å². The lowest BCUT2D eigenvalue weighted by Crippen LogP contribution is -2.19. The average Bonchev–Trinajstić information content (AvgIpc) is 2.89. The normalized spacial score (nSPS) is 31.4. The van der Waals surface area contributed by atoms with Crippen LogP contribution < -0.4 is 5.73 Å². The van der Waals surface area contributed by atoms with Crippen molar-refractivity contribution < 1.29 is 4.74 Å². The molecule has 2 N–H and O–H groups in total. The Kier molecular flexibility index (Phi) is 2.50. The third-order valence-electron chi connectivity index (χ3n) is 3.64. The highest BCUT2D eigenvalue weighted by atomic mass is 16.5. The fraction of sp³-hybridized carbons (Fsp3) is 0.750. The summed E-state index contributed by atoms with van der Waals surface area (Å²) in [5, 5.41) is 0. The maximum Gasteiger partial charge on any atom is 0.223 e. The second-order valence-electron chi connectivity index (χ2n) is 5.28. The van der Waals surface area contributed by atoms with Crippen molar-refractivity contribution in [2.75, 3.05) is 5.73 Å². The van der Waals surface area contributed by atoms with E-state index in [2.05, 4.69) is 28.8 Å². The Labute approximate surface area is 101 Å². The van der Waals surface area contributed by atoms with Crippen molar-refractivity contribution in [3.63, 3.8) is 0 Å². The van der Waals surface area contributed by atoms with Crippen LogP contribution in [-0.2, 0) is 4.74 Å². The van der Waals surface area contributed by atoms with Gasteiger partial charge in [-0.3, -0.25) is 0 Å². The third kappa shape index (κ3) is 1.88. The van der Waals surface area contributed by atoms with Crippen LogP contribution >= 0.6 is 0 Å². The molecule has 0 saturated carbocycles. The van der Waals surface area contributed by atoms with E-state index in [4.69, 9.17) is 10.5 Å². The molecule has 0 amide bonds. The number of hydrogen-bond acceptors (Lipinski definition) is 5. The van der Waals surface area contributed by atoms with E-state index in [9.17, 15) is 0 Å². The molecular formula is C12H18N4O. The number of hydrogen-bond donors (Lipinski definition) is 1. The summed E-state index contributed by atoms with van der Waals surface area (Å²) < 4.78 is 5.84. The Morgan fingerprint density at radius 3 is 2.65 bits per heavy atom. The monoisotopic (exact) mass is 234 g/mol. The van der Waals surface area contributed by atoms with Gasteiger partial charge in [-0.2, -0.15) is 9.97 Å². The number of anilines is 1. The number of nitrogens with zero attached hydrogens (tertiary/aromatic N) is 3. The SMILES string of the molecule is CC(C)c1nc(N)nc(C2CC3CCC2O3)n1. The first-order valence-electron chi connectivity index (χ1n) is 6.30. The number of nitrogens with two attached hydrogens (primary N) is 1. The summed E-state index contributed by atoms with van der Waals surface area (Å²) in [4.78, 5) is 13.0. The largest absolute Gasteiger partial charge is 0.374 e. The molecule has 0 aromatic carbocycles. The van der Waals surface area contributed by atoms with Gasteiger partial charge in [-0.15, -0.1) is 0 Å². The predicted octanol–water partition coefficient (Wildman–Crippen LogP) is 1.61. The molecule has 2 bridgehead atoms. The summed E-state index contributed by atoms with van der Waals surface area (Å²) in [6.45, 7) is 4.13. The van der Waals surface area contributed by atoms with Crippen LogP contribution in [0.1, 0.15) is 56.6 Å². The van der Waals surface area contributed by atoms with Gasteiger partial charge in [0.2, 0.25) is 5.95 Å². The van der Waals surface area contributed by atoms with Gasteiger partial charge in [0.05, 0.1) is 12.2 Å². The minimum atomic E-state index is 0.276. The summed E-state index contributed by atoms with van der Waals surface area (Å²) in [6.07, 6.45) is 4.04. The summed E-state index contributed by atoms with van der Waals surface area (Å²) in [5.74, 6) is 2.54. The summed E-state index contributed by atoms with van der Waals surface area (Å²) in [5.41, 5.74) is 5.76. The van der Waals surface area contributed by atoms with Gasteiger partial charge in [-0.1, -0.05) is 13.8 Å². The smallest absolute Gasteiger partial charge is 0.223 e. The van der Waals surface area contributed by atoms with Crippen LogP contribution in [0.25, 0.3) is 0 Å². The Bertz CT molecular complexity index is 435. The number of fused-ring (bicyclic) bond motifs is 2. The number of rotatable bonds is 2. The van der Waals surface area contributed by atoms with E-state index >= 15 is 0 Å². The van der Waals surface area contributed by atoms with Gasteiger partial charge in [0.1, 0.15) is 11.6 Å². The Balaban J connectivity index is 1.92. The van der Waals surface area contributed by atoms with Crippen molar-refractivity contribution in [3.05, 3.63) is 11.6 Å². The molecule has 0 radical (unpaired) electrons. The van der Waals surface area contributed by atoms with Crippen LogP contribution in [0, 0.1) is 0 Å². The fourth-order valence-corrected chi connectivity index (χ4v) is 2.76. The lowest BCUT2D eigenvalue weighted by Gasteiger charge is -2.18. The molecule has 1 aromatic heterocycles. The molecule has 3 atom stereocenters. The third-order valence-corrected chi connectivity index (χ3v) is 3.64. The predicted molar refractivity (Wildman–Crippen MR) is 63.6 cm³/mol. The molecule has 2 saturated heterocycles. The van der Waals surface area contributed by atoms with E-state index in [-0.39, 0.29) is 5.92 Å². The Morgan fingerprint density at radius 2 is 2.06 bits per heavy atom. The van der Waals surface area contributed by atoms with Crippen molar-refractivity contribution in [1.29, 1.82) is 0 Å². The number of nitrogen functional groups attached to an aromatic ring is 1. The maximum absolute atomic E-state index is 5.84. The van der Waals surface area contributed by atoms with Crippen LogP contribution in [-0.4, -0.2) is 27.2 Å². The Hall–Kier alpha value is -1.23. The molecule has 3 unspecified atom stereocenters. The quantitative estimate of drug-likeness (QED) is 0.841. The van der Waals surface area contributed by atoms with Gasteiger partial charge in [0, 0.05) is 11.8 Å². The molecule has 0 spiro atoms. The summed E-state index contributed by atoms with van der Waals surface area (Å²) >= 11 is 0. The summed E-state index contributed by atoms with van der Waals surface area (Å²) in [7, 11) is 0. The average molecular weight is 234 g/mol. The lowest BCUT2D eigenvalue weighted by molar-refractivity contribution is 0.0998. The molecule has 5 nitrogen and oxygen atoms in total. The van der Waals surface area contributed by atoms with Gasteiger partial charge < -0.3 is 10.5 Å². The van der Waals surface area contributed by atoms with Crippen LogP contribution in [0.15, 0.2) is 0 Å². The van der Waals surface area contributed by atoms with E-state index in [0.717, 1.165) is 24.5 Å². The molecule has 2 aliphatic rings. The zero-order valence-electron chi connectivity index (χ0n) is 10.3. The highest BCUT2D eigenvalue weighted by Crippen LogP contribution is 2.43. The molecule has 5 heteroatoms. The van der Waals surface area contributed by atoms with E-state index < -0.39 is 0 Å². The number of ether oxygens (including phenoxy) is 1. The molecule has 3 rings (SSSR count). The van der Waals surface area contributed by atoms with Crippen LogP contribution in [0.4, 0.5) is 5.95 Å². The highest BCUT2D eigenvalue weighted by molar-refractivity contribution is 5.20. The second kappa shape index (κ2) is 3.91. The molecule has 2 aliphatic heterocycles. The first-order chi connectivity index (χ1) is 8.13. The Morgan fingerprint density at radius 1 is 1.24 bits per heavy atom. The molecule has 3 heterocycles. The summed E-state index contributed by atoms with van der Waals surface area (Å²) in [6, 6.07) is 0. The lowest BCUT2D eigenvalue weighted by atomic mass is 9.88. The second-order valence-corrected chi connectivity index (χ2v) is 5.28. The van der Waals surface area contributed by atoms with Crippen LogP contribution in [0.2, 0.25) is 0 Å². The molecule has 1 aromatic rings. The van der Waals surface area contributed by atoms with Gasteiger partial charge in [0.15, 0.2) is 0 Å². The van der Waals surface area contributed by atoms with Gasteiger partial charge in [0.25, 0.3) is 0 Å². The maximum atomic E-state index is 5.84. The zero-order chi connectivity index (χ0) is 12.0. The van der Waals surface area contributed by atoms with Crippen LogP contribution in [0.5, 0.6) is 0 Å². The van der Waals surface area contributed by atoms with Crippen molar-refractivity contribution in [2.24, 2.45) is 0 Å². The minimum absolute atomic E-state index is 0.276. The van der Waals surface area contributed by atoms with Crippen molar-refractivity contribution in [2.45, 2.75) is 57.2 Å². The molecule has 2 fully saturated rings. The standard InChI is InChI=1S/C12H18N4O/c1-6(2)10-14-11(16-12(13)15-10)8-5-7-3-4-9(8)17-7/h6-9H,3-5H2,1-2H3,(H2,13,14,15,16). The van der Waals surface area contributed by atoms with Gasteiger partial charge in [-0.05, 0) is 19.3 Å². The highest BCUT2D eigenvalue weighted by Gasteiger charge is 2.43. The number of aromatic nitrogens is 3. The van der Waals surface area contributed by atoms with Crippen molar-refractivity contribution in [3.8, 4) is 0 Å². The van der Waals surface area contributed by atoms with Crippen LogP contribution in [0.3, 0.4) is 0 Å². The topological polar surface area (TPSA) is 73.9 Å². The zero-order valence-corrected chi connectivity index (χ0v) is 10.3. The molecule has 92 valence electrons. The van der Waals surface area contributed by atoms with E-state index in [1.54, 1.807) is 0 Å². The fourth-order valence-electron chi connectivity index (χ4n) is 2.76. The van der Waals surface area contributed by atoms with E-state index in [1.807, 2.05) is 0 Å². The van der Waals surface area contributed by atoms with Crippen molar-refractivity contribution in [1.82, 2.24) is 15.0 Å². The van der Waals surface area contributed by atoms with Crippen molar-refractivity contribution >= 4 is 5.95 Å². The molecule has 17 heavy (non-hydrogen) atoms.